The third-order valence-corrected chi connectivity index (χ3v) is 8.82. The first-order valence-corrected chi connectivity index (χ1v) is 14.5. The number of H-pyrrole nitrogens is 1. The summed E-state index contributed by atoms with van der Waals surface area (Å²) >= 11 is 0. The molecule has 2 aliphatic heterocycles. The average molecular weight is 568 g/mol. The molecule has 1 aromatic carbocycles. The minimum Gasteiger partial charge on any atom is -0.335 e. The van der Waals surface area contributed by atoms with Gasteiger partial charge in [-0.2, -0.15) is 0 Å². The summed E-state index contributed by atoms with van der Waals surface area (Å²) in [6.45, 7) is 1.48. The van der Waals surface area contributed by atoms with Crippen LogP contribution in [0, 0.1) is 11.6 Å². The lowest BCUT2D eigenvalue weighted by atomic mass is 9.92. The summed E-state index contributed by atoms with van der Waals surface area (Å²) in [5, 5.41) is 6.14. The first kappa shape index (κ1) is 27.2. The number of fused-ring (bicyclic) bond motifs is 1. The van der Waals surface area contributed by atoms with Crippen LogP contribution in [0.1, 0.15) is 62.5 Å². The number of benzene rings is 1. The molecule has 41 heavy (non-hydrogen) atoms. The minimum atomic E-state index is -0.906. The van der Waals surface area contributed by atoms with Crippen molar-refractivity contribution in [2.24, 2.45) is 0 Å². The van der Waals surface area contributed by atoms with Crippen LogP contribution in [0.2, 0.25) is 0 Å². The quantitative estimate of drug-likeness (QED) is 0.444. The van der Waals surface area contributed by atoms with Crippen LogP contribution in [-0.2, 0) is 0 Å². The van der Waals surface area contributed by atoms with E-state index in [9.17, 15) is 23.2 Å². The van der Waals surface area contributed by atoms with Gasteiger partial charge < -0.3 is 20.4 Å². The fourth-order valence-electron chi connectivity index (χ4n) is 6.30. The van der Waals surface area contributed by atoms with E-state index in [0.29, 0.717) is 44.4 Å². The topological polar surface area (TPSA) is 115 Å². The van der Waals surface area contributed by atoms with Gasteiger partial charge in [0, 0.05) is 56.4 Å². The summed E-state index contributed by atoms with van der Waals surface area (Å²) in [4.78, 5) is 49.5. The number of amides is 4. The SMILES string of the molecule is O=C(NC1CCC1)N1C[C@H](NC(=O)N2CCC(n3c(=O)[nH]c4ncccc43)CC2)CC[C@@H](c2cccc(F)c2F)C1. The highest BCUT2D eigenvalue weighted by Gasteiger charge is 2.33. The van der Waals surface area contributed by atoms with Crippen LogP contribution in [0.3, 0.4) is 0 Å². The number of pyridine rings is 1. The Balaban J connectivity index is 1.12. The van der Waals surface area contributed by atoms with Crippen molar-refractivity contribution in [2.45, 2.75) is 69.0 Å². The molecule has 3 N–H and O–H groups in total. The number of carbonyl (C=O) groups excluding carboxylic acids is 2. The van der Waals surface area contributed by atoms with Crippen LogP contribution in [0.25, 0.3) is 11.2 Å². The highest BCUT2D eigenvalue weighted by Crippen LogP contribution is 2.30. The number of halogens is 2. The Morgan fingerprint density at radius 3 is 2.39 bits per heavy atom. The number of aromatic amines is 1. The molecule has 3 aliphatic rings. The summed E-state index contributed by atoms with van der Waals surface area (Å²) in [6, 6.07) is 7.09. The molecule has 0 spiro atoms. The number of piperidine rings is 1. The molecule has 2 saturated heterocycles. The summed E-state index contributed by atoms with van der Waals surface area (Å²) in [7, 11) is 0. The number of imidazole rings is 1. The second-order valence-electron chi connectivity index (χ2n) is 11.4. The predicted octanol–water partition coefficient (Wildman–Crippen LogP) is 3.86. The van der Waals surface area contributed by atoms with Crippen molar-refractivity contribution in [1.82, 2.24) is 35.0 Å². The van der Waals surface area contributed by atoms with E-state index in [-0.39, 0.29) is 60.4 Å². The molecule has 10 nitrogen and oxygen atoms in total. The van der Waals surface area contributed by atoms with E-state index in [0.717, 1.165) is 30.8 Å². The van der Waals surface area contributed by atoms with E-state index < -0.39 is 11.6 Å². The Morgan fingerprint density at radius 2 is 1.63 bits per heavy atom. The molecular weight excluding hydrogens is 532 g/mol. The van der Waals surface area contributed by atoms with Crippen molar-refractivity contribution in [3.8, 4) is 0 Å². The van der Waals surface area contributed by atoms with E-state index in [1.54, 1.807) is 32.7 Å². The lowest BCUT2D eigenvalue weighted by molar-refractivity contribution is 0.161. The third-order valence-electron chi connectivity index (χ3n) is 8.82. The van der Waals surface area contributed by atoms with Crippen molar-refractivity contribution in [3.63, 3.8) is 0 Å². The molecule has 12 heteroatoms. The van der Waals surface area contributed by atoms with Gasteiger partial charge in [0.25, 0.3) is 0 Å². The number of nitrogens with one attached hydrogen (secondary N) is 3. The molecule has 1 aliphatic carbocycles. The van der Waals surface area contributed by atoms with Gasteiger partial charge in [-0.1, -0.05) is 12.1 Å². The first-order chi connectivity index (χ1) is 19.9. The number of urea groups is 2. The zero-order chi connectivity index (χ0) is 28.5. The number of aromatic nitrogens is 3. The molecule has 0 radical (unpaired) electrons. The molecule has 4 amide bonds. The first-order valence-electron chi connectivity index (χ1n) is 14.5. The van der Waals surface area contributed by atoms with Crippen molar-refractivity contribution in [2.75, 3.05) is 26.2 Å². The minimum absolute atomic E-state index is 0.0463. The van der Waals surface area contributed by atoms with Gasteiger partial charge in [0.05, 0.1) is 5.52 Å². The van der Waals surface area contributed by atoms with Gasteiger partial charge in [-0.05, 0) is 68.7 Å². The Morgan fingerprint density at radius 1 is 0.878 bits per heavy atom. The maximum absolute atomic E-state index is 14.7. The molecule has 0 bridgehead atoms. The molecule has 4 heterocycles. The largest absolute Gasteiger partial charge is 0.335 e. The van der Waals surface area contributed by atoms with E-state index >= 15 is 0 Å². The molecule has 3 aromatic rings. The number of rotatable bonds is 4. The number of hydrogen-bond donors (Lipinski definition) is 3. The molecule has 1 saturated carbocycles. The van der Waals surface area contributed by atoms with Crippen molar-refractivity contribution < 1.29 is 18.4 Å². The monoisotopic (exact) mass is 567 g/mol. The van der Waals surface area contributed by atoms with Crippen LogP contribution in [0.15, 0.2) is 41.3 Å². The molecule has 6 rings (SSSR count). The van der Waals surface area contributed by atoms with Gasteiger partial charge in [0.2, 0.25) is 0 Å². The van der Waals surface area contributed by atoms with Crippen LogP contribution < -0.4 is 16.3 Å². The Labute approximate surface area is 236 Å². The lowest BCUT2D eigenvalue weighted by Gasteiger charge is -2.34. The van der Waals surface area contributed by atoms with Gasteiger partial charge in [-0.25, -0.2) is 28.1 Å². The van der Waals surface area contributed by atoms with Crippen LogP contribution in [0.5, 0.6) is 0 Å². The zero-order valence-corrected chi connectivity index (χ0v) is 22.8. The van der Waals surface area contributed by atoms with Gasteiger partial charge >= 0.3 is 17.8 Å². The Bertz CT molecular complexity index is 1480. The second-order valence-corrected chi connectivity index (χ2v) is 11.4. The third kappa shape index (κ3) is 5.64. The number of hydrogen-bond acceptors (Lipinski definition) is 4. The normalized spacial score (nSPS) is 22.3. The van der Waals surface area contributed by atoms with E-state index in [1.165, 1.54) is 6.07 Å². The Hall–Kier alpha value is -3.96. The summed E-state index contributed by atoms with van der Waals surface area (Å²) in [5.74, 6) is -2.18. The predicted molar refractivity (Wildman–Crippen MR) is 149 cm³/mol. The standard InChI is InChI=1S/C29H35F2N7O3/c30-23-7-2-6-22(25(23)31)18-9-10-20(17-37(16-18)28(40)33-19-4-1-5-19)34-27(39)36-14-11-21(12-15-36)38-24-8-3-13-32-26(24)35-29(38)41/h2-3,6-8,13,18-21H,1,4-5,9-12,14-17H2,(H,33,40)(H,34,39)(H,32,35,41)/t18-,20-/m1/s1. The number of likely N-dealkylation sites (tertiary alicyclic amines) is 2. The van der Waals surface area contributed by atoms with Crippen molar-refractivity contribution in [3.05, 3.63) is 64.2 Å². The maximum atomic E-state index is 14.7. The van der Waals surface area contributed by atoms with Gasteiger partial charge in [0.1, 0.15) is 0 Å². The van der Waals surface area contributed by atoms with Gasteiger partial charge in [-0.3, -0.25) is 9.55 Å². The maximum Gasteiger partial charge on any atom is 0.327 e. The Kier molecular flexibility index (Phi) is 7.63. The molecule has 3 fully saturated rings. The highest BCUT2D eigenvalue weighted by atomic mass is 19.2. The summed E-state index contributed by atoms with van der Waals surface area (Å²) in [6.07, 6.45) is 6.83. The van der Waals surface area contributed by atoms with Crippen molar-refractivity contribution >= 4 is 23.2 Å². The fraction of sp³-hybridized carbons (Fsp3) is 0.517. The second kappa shape index (κ2) is 11.5. The van der Waals surface area contributed by atoms with Gasteiger partial charge in [-0.15, -0.1) is 0 Å². The van der Waals surface area contributed by atoms with Crippen LogP contribution in [-0.4, -0.2) is 74.7 Å². The van der Waals surface area contributed by atoms with E-state index in [4.69, 9.17) is 0 Å². The molecule has 0 unspecified atom stereocenters. The van der Waals surface area contributed by atoms with Gasteiger partial charge in [0.15, 0.2) is 17.3 Å². The lowest BCUT2D eigenvalue weighted by Crippen LogP contribution is -2.54. The molecular formula is C29H35F2N7O3. The van der Waals surface area contributed by atoms with E-state index in [1.807, 2.05) is 6.07 Å². The highest BCUT2D eigenvalue weighted by molar-refractivity contribution is 5.76. The smallest absolute Gasteiger partial charge is 0.327 e. The number of nitrogens with zero attached hydrogens (tertiary/aromatic N) is 4. The number of carbonyl (C=O) groups is 2. The molecule has 218 valence electrons. The van der Waals surface area contributed by atoms with E-state index in [2.05, 4.69) is 20.6 Å². The zero-order valence-electron chi connectivity index (χ0n) is 22.8. The fourth-order valence-corrected chi connectivity index (χ4v) is 6.30. The van der Waals surface area contributed by atoms with Crippen LogP contribution in [0.4, 0.5) is 18.4 Å². The van der Waals surface area contributed by atoms with Crippen molar-refractivity contribution in [1.29, 1.82) is 0 Å². The molecule has 2 aromatic heterocycles. The van der Waals surface area contributed by atoms with Crippen LogP contribution >= 0.6 is 0 Å². The average Bonchev–Trinajstić information content (AvgIpc) is 3.14. The molecule has 2 atom stereocenters. The summed E-state index contributed by atoms with van der Waals surface area (Å²) in [5.41, 5.74) is 1.35. The summed E-state index contributed by atoms with van der Waals surface area (Å²) < 4.78 is 30.5.